The quantitative estimate of drug-likeness (QED) is 0.636. The van der Waals surface area contributed by atoms with E-state index in [4.69, 9.17) is 5.84 Å². The second kappa shape index (κ2) is 7.02. The Morgan fingerprint density at radius 2 is 1.70 bits per heavy atom. The molecule has 2 aromatic rings. The van der Waals surface area contributed by atoms with Gasteiger partial charge in [0.1, 0.15) is 0 Å². The van der Waals surface area contributed by atoms with Crippen molar-refractivity contribution >= 4 is 15.9 Å². The molecule has 106 valence electrons. The van der Waals surface area contributed by atoms with Gasteiger partial charge in [0.15, 0.2) is 0 Å². The van der Waals surface area contributed by atoms with Crippen LogP contribution in [0.4, 0.5) is 0 Å². The lowest BCUT2D eigenvalue weighted by molar-refractivity contribution is 0.627. The standard InChI is InChI=1S/C17H21BrN2/c1-12(2)9-13-5-3-6-14(10-13)17(20-19)15-7-4-8-16(18)11-15/h3-8,10-12,17,20H,9,19H2,1-2H3. The summed E-state index contributed by atoms with van der Waals surface area (Å²) in [6, 6.07) is 16.9. The summed E-state index contributed by atoms with van der Waals surface area (Å²) in [5.74, 6) is 6.43. The predicted molar refractivity (Wildman–Crippen MR) is 88.3 cm³/mol. The van der Waals surface area contributed by atoms with E-state index in [1.165, 1.54) is 11.1 Å². The van der Waals surface area contributed by atoms with E-state index in [1.54, 1.807) is 0 Å². The third-order valence-electron chi connectivity index (χ3n) is 3.28. The Labute approximate surface area is 129 Å². The third kappa shape index (κ3) is 3.92. The molecule has 3 N–H and O–H groups in total. The summed E-state index contributed by atoms with van der Waals surface area (Å²) >= 11 is 3.51. The van der Waals surface area contributed by atoms with Crippen molar-refractivity contribution in [3.8, 4) is 0 Å². The fraction of sp³-hybridized carbons (Fsp3) is 0.294. The van der Waals surface area contributed by atoms with E-state index in [2.05, 4.69) is 71.6 Å². The molecule has 0 aromatic heterocycles. The molecule has 0 saturated carbocycles. The van der Waals surface area contributed by atoms with Crippen molar-refractivity contribution in [3.63, 3.8) is 0 Å². The molecule has 0 aliphatic rings. The van der Waals surface area contributed by atoms with Gasteiger partial charge in [0.2, 0.25) is 0 Å². The van der Waals surface area contributed by atoms with Crippen LogP contribution in [0.2, 0.25) is 0 Å². The highest BCUT2D eigenvalue weighted by molar-refractivity contribution is 9.10. The first-order chi connectivity index (χ1) is 9.60. The number of nitrogens with one attached hydrogen (secondary N) is 1. The second-order valence-corrected chi connectivity index (χ2v) is 6.41. The summed E-state index contributed by atoms with van der Waals surface area (Å²) in [7, 11) is 0. The summed E-state index contributed by atoms with van der Waals surface area (Å²) in [5, 5.41) is 0. The molecule has 2 nitrogen and oxygen atoms in total. The zero-order chi connectivity index (χ0) is 14.5. The van der Waals surface area contributed by atoms with Crippen molar-refractivity contribution in [2.45, 2.75) is 26.3 Å². The molecule has 1 atom stereocenters. The van der Waals surface area contributed by atoms with Crippen LogP contribution in [0.25, 0.3) is 0 Å². The Morgan fingerprint density at radius 1 is 1.05 bits per heavy atom. The summed E-state index contributed by atoms with van der Waals surface area (Å²) in [6.07, 6.45) is 1.09. The summed E-state index contributed by atoms with van der Waals surface area (Å²) < 4.78 is 1.06. The number of hydrogen-bond donors (Lipinski definition) is 2. The Bertz CT molecular complexity index is 566. The maximum atomic E-state index is 5.77. The molecule has 0 heterocycles. The molecule has 3 heteroatoms. The monoisotopic (exact) mass is 332 g/mol. The SMILES string of the molecule is CC(C)Cc1cccc(C(NN)c2cccc(Br)c2)c1. The highest BCUT2D eigenvalue weighted by Crippen LogP contribution is 2.25. The Hall–Kier alpha value is -1.16. The molecule has 0 saturated heterocycles. The maximum Gasteiger partial charge on any atom is 0.0710 e. The van der Waals surface area contributed by atoms with E-state index < -0.39 is 0 Å². The second-order valence-electron chi connectivity index (χ2n) is 5.50. The lowest BCUT2D eigenvalue weighted by Gasteiger charge is -2.18. The third-order valence-corrected chi connectivity index (χ3v) is 3.77. The molecular formula is C17H21BrN2. The van der Waals surface area contributed by atoms with Gasteiger partial charge < -0.3 is 0 Å². The fourth-order valence-electron chi connectivity index (χ4n) is 2.44. The molecule has 0 radical (unpaired) electrons. The van der Waals surface area contributed by atoms with E-state index in [0.717, 1.165) is 16.5 Å². The number of hydrazine groups is 1. The van der Waals surface area contributed by atoms with Crippen LogP contribution in [-0.4, -0.2) is 0 Å². The van der Waals surface area contributed by atoms with Gasteiger partial charge in [-0.3, -0.25) is 5.84 Å². The zero-order valence-electron chi connectivity index (χ0n) is 11.9. The van der Waals surface area contributed by atoms with Gasteiger partial charge >= 0.3 is 0 Å². The van der Waals surface area contributed by atoms with Gasteiger partial charge in [0, 0.05) is 4.47 Å². The molecule has 0 fully saturated rings. The number of halogens is 1. The normalized spacial score (nSPS) is 12.7. The Balaban J connectivity index is 2.32. The van der Waals surface area contributed by atoms with Crippen LogP contribution in [0, 0.1) is 5.92 Å². The molecule has 0 spiro atoms. The number of nitrogens with two attached hydrogens (primary N) is 1. The van der Waals surface area contributed by atoms with E-state index >= 15 is 0 Å². The zero-order valence-corrected chi connectivity index (χ0v) is 13.5. The largest absolute Gasteiger partial charge is 0.271 e. The molecule has 2 aromatic carbocycles. The number of benzene rings is 2. The van der Waals surface area contributed by atoms with Gasteiger partial charge in [-0.25, -0.2) is 5.43 Å². The molecule has 20 heavy (non-hydrogen) atoms. The lowest BCUT2D eigenvalue weighted by Crippen LogP contribution is -2.28. The molecule has 0 aliphatic carbocycles. The Morgan fingerprint density at radius 3 is 2.30 bits per heavy atom. The van der Waals surface area contributed by atoms with E-state index in [0.29, 0.717) is 5.92 Å². The predicted octanol–water partition coefficient (Wildman–Crippen LogP) is 4.20. The van der Waals surface area contributed by atoms with Crippen molar-refractivity contribution in [3.05, 3.63) is 69.7 Å². The van der Waals surface area contributed by atoms with Crippen molar-refractivity contribution in [1.29, 1.82) is 0 Å². The minimum Gasteiger partial charge on any atom is -0.271 e. The van der Waals surface area contributed by atoms with Gasteiger partial charge in [-0.2, -0.15) is 0 Å². The van der Waals surface area contributed by atoms with E-state index in [-0.39, 0.29) is 6.04 Å². The minimum atomic E-state index is 0.0135. The first kappa shape index (κ1) is 15.2. The van der Waals surface area contributed by atoms with Crippen LogP contribution in [0.15, 0.2) is 53.0 Å². The number of rotatable bonds is 5. The molecule has 0 bridgehead atoms. The molecular weight excluding hydrogens is 312 g/mol. The van der Waals surface area contributed by atoms with Crippen LogP contribution in [0.1, 0.15) is 36.6 Å². The van der Waals surface area contributed by atoms with Gasteiger partial charge in [-0.05, 0) is 41.2 Å². The van der Waals surface area contributed by atoms with Crippen molar-refractivity contribution in [2.75, 3.05) is 0 Å². The van der Waals surface area contributed by atoms with Gasteiger partial charge in [-0.15, -0.1) is 0 Å². The van der Waals surface area contributed by atoms with Crippen molar-refractivity contribution in [2.24, 2.45) is 11.8 Å². The van der Waals surface area contributed by atoms with Crippen LogP contribution in [0.5, 0.6) is 0 Å². The van der Waals surface area contributed by atoms with Gasteiger partial charge in [-0.1, -0.05) is 66.2 Å². The summed E-state index contributed by atoms with van der Waals surface area (Å²) in [4.78, 5) is 0. The molecule has 0 amide bonds. The maximum absolute atomic E-state index is 5.77. The molecule has 0 aliphatic heterocycles. The molecule has 1 unspecified atom stereocenters. The van der Waals surface area contributed by atoms with E-state index in [1.807, 2.05) is 12.1 Å². The lowest BCUT2D eigenvalue weighted by atomic mass is 9.95. The van der Waals surface area contributed by atoms with E-state index in [9.17, 15) is 0 Å². The Kier molecular flexibility index (Phi) is 5.35. The topological polar surface area (TPSA) is 38.0 Å². The van der Waals surface area contributed by atoms with Crippen molar-refractivity contribution in [1.82, 2.24) is 5.43 Å². The first-order valence-electron chi connectivity index (χ1n) is 6.90. The first-order valence-corrected chi connectivity index (χ1v) is 7.70. The van der Waals surface area contributed by atoms with Crippen LogP contribution < -0.4 is 11.3 Å². The highest BCUT2D eigenvalue weighted by Gasteiger charge is 2.13. The van der Waals surface area contributed by atoms with Crippen LogP contribution in [-0.2, 0) is 6.42 Å². The summed E-state index contributed by atoms with van der Waals surface area (Å²) in [6.45, 7) is 4.47. The van der Waals surface area contributed by atoms with Crippen LogP contribution in [0.3, 0.4) is 0 Å². The fourth-order valence-corrected chi connectivity index (χ4v) is 2.86. The highest BCUT2D eigenvalue weighted by atomic mass is 79.9. The minimum absolute atomic E-state index is 0.0135. The molecule has 2 rings (SSSR count). The average molecular weight is 333 g/mol. The summed E-state index contributed by atoms with van der Waals surface area (Å²) in [5.41, 5.74) is 6.63. The van der Waals surface area contributed by atoms with Gasteiger partial charge in [0.05, 0.1) is 6.04 Å². The average Bonchev–Trinajstić information content (AvgIpc) is 2.39. The van der Waals surface area contributed by atoms with Crippen molar-refractivity contribution < 1.29 is 0 Å². The smallest absolute Gasteiger partial charge is 0.0710 e. The number of hydrogen-bond acceptors (Lipinski definition) is 2. The van der Waals surface area contributed by atoms with Crippen LogP contribution >= 0.6 is 15.9 Å². The van der Waals surface area contributed by atoms with Gasteiger partial charge in [0.25, 0.3) is 0 Å².